The Bertz CT molecular complexity index is 1120. The van der Waals surface area contributed by atoms with Gasteiger partial charge in [0.1, 0.15) is 6.54 Å². The number of nitrogens with one attached hydrogen (secondary N) is 2. The molecule has 0 aliphatic carbocycles. The highest BCUT2D eigenvalue weighted by Gasteiger charge is 2.12. The van der Waals surface area contributed by atoms with E-state index < -0.39 is 11.5 Å². The number of carbonyl (C=O) groups is 2. The van der Waals surface area contributed by atoms with Crippen molar-refractivity contribution >= 4 is 35.0 Å². The van der Waals surface area contributed by atoms with Crippen LogP contribution in [-0.4, -0.2) is 28.5 Å². The molecule has 0 saturated heterocycles. The number of aromatic nitrogens is 2. The molecule has 3 rings (SSSR count). The standard InChI is InChI=1S/C19H17N3O4S/c1-26-18(25)13-7-8-14-15(9-13)21-19(27)22(17(14)24)11-16(23)20-10-12-5-3-2-4-6-12/h2-9H,10-11H2,1H3,(H,20,23)(H,21,27). The lowest BCUT2D eigenvalue weighted by Gasteiger charge is -2.10. The molecule has 27 heavy (non-hydrogen) atoms. The average Bonchev–Trinajstić information content (AvgIpc) is 2.69. The fourth-order valence-corrected chi connectivity index (χ4v) is 2.90. The fraction of sp³-hybridized carbons (Fsp3) is 0.158. The van der Waals surface area contributed by atoms with Crippen molar-refractivity contribution in [3.05, 3.63) is 74.8 Å². The first-order chi connectivity index (χ1) is 13.0. The molecule has 8 heteroatoms. The van der Waals surface area contributed by atoms with Gasteiger partial charge in [0.05, 0.1) is 23.6 Å². The normalized spacial score (nSPS) is 10.6. The van der Waals surface area contributed by atoms with Crippen molar-refractivity contribution in [1.29, 1.82) is 0 Å². The van der Waals surface area contributed by atoms with Gasteiger partial charge in [-0.1, -0.05) is 30.3 Å². The van der Waals surface area contributed by atoms with Crippen LogP contribution in [0.4, 0.5) is 0 Å². The Balaban J connectivity index is 1.84. The molecule has 0 radical (unpaired) electrons. The maximum atomic E-state index is 12.7. The van der Waals surface area contributed by atoms with Crippen LogP contribution >= 0.6 is 12.2 Å². The number of benzene rings is 2. The van der Waals surface area contributed by atoms with Gasteiger partial charge >= 0.3 is 5.97 Å². The van der Waals surface area contributed by atoms with Gasteiger partial charge in [-0.3, -0.25) is 14.2 Å². The van der Waals surface area contributed by atoms with Gasteiger partial charge in [-0.05, 0) is 36.0 Å². The highest BCUT2D eigenvalue weighted by molar-refractivity contribution is 7.71. The largest absolute Gasteiger partial charge is 0.465 e. The van der Waals surface area contributed by atoms with E-state index in [9.17, 15) is 14.4 Å². The summed E-state index contributed by atoms with van der Waals surface area (Å²) in [6.07, 6.45) is 0. The summed E-state index contributed by atoms with van der Waals surface area (Å²) in [6, 6.07) is 14.0. The zero-order chi connectivity index (χ0) is 19.4. The second kappa shape index (κ2) is 7.96. The monoisotopic (exact) mass is 383 g/mol. The second-order valence-corrected chi connectivity index (χ2v) is 6.22. The molecule has 0 bridgehead atoms. The van der Waals surface area contributed by atoms with E-state index in [1.807, 2.05) is 30.3 Å². The molecule has 1 heterocycles. The van der Waals surface area contributed by atoms with Crippen LogP contribution in [0.2, 0.25) is 0 Å². The molecular formula is C19H17N3O4S. The summed E-state index contributed by atoms with van der Waals surface area (Å²) in [7, 11) is 1.28. The zero-order valence-electron chi connectivity index (χ0n) is 14.5. The van der Waals surface area contributed by atoms with E-state index in [-0.39, 0.29) is 17.2 Å². The summed E-state index contributed by atoms with van der Waals surface area (Å²) >= 11 is 5.21. The number of esters is 1. The molecular weight excluding hydrogens is 366 g/mol. The second-order valence-electron chi connectivity index (χ2n) is 5.84. The summed E-state index contributed by atoms with van der Waals surface area (Å²) in [4.78, 5) is 39.4. The lowest BCUT2D eigenvalue weighted by atomic mass is 10.1. The Kier molecular flexibility index (Phi) is 5.46. The Morgan fingerprint density at radius 2 is 1.93 bits per heavy atom. The summed E-state index contributed by atoms with van der Waals surface area (Å²) in [6.45, 7) is 0.163. The number of aromatic amines is 1. The minimum atomic E-state index is -0.513. The van der Waals surface area contributed by atoms with E-state index in [0.717, 1.165) is 5.56 Å². The topological polar surface area (TPSA) is 93.2 Å². The van der Waals surface area contributed by atoms with Gasteiger partial charge in [-0.2, -0.15) is 0 Å². The van der Waals surface area contributed by atoms with E-state index >= 15 is 0 Å². The molecule has 0 spiro atoms. The van der Waals surface area contributed by atoms with Crippen LogP contribution in [0.15, 0.2) is 53.3 Å². The number of amides is 1. The predicted molar refractivity (Wildman–Crippen MR) is 103 cm³/mol. The van der Waals surface area contributed by atoms with E-state index in [1.54, 1.807) is 0 Å². The fourth-order valence-electron chi connectivity index (χ4n) is 2.64. The number of nitrogens with zero attached hydrogens (tertiary/aromatic N) is 1. The van der Waals surface area contributed by atoms with Gasteiger partial charge in [0, 0.05) is 6.54 Å². The predicted octanol–water partition coefficient (Wildman–Crippen LogP) is 2.16. The van der Waals surface area contributed by atoms with Crippen molar-refractivity contribution < 1.29 is 14.3 Å². The third kappa shape index (κ3) is 4.12. The van der Waals surface area contributed by atoms with Gasteiger partial charge in [0.2, 0.25) is 5.91 Å². The van der Waals surface area contributed by atoms with E-state index in [2.05, 4.69) is 15.0 Å². The lowest BCUT2D eigenvalue weighted by molar-refractivity contribution is -0.121. The number of H-pyrrole nitrogens is 1. The number of carbonyl (C=O) groups excluding carboxylic acids is 2. The van der Waals surface area contributed by atoms with Crippen molar-refractivity contribution in [3.63, 3.8) is 0 Å². The number of hydrogen-bond acceptors (Lipinski definition) is 5. The maximum Gasteiger partial charge on any atom is 0.337 e. The number of fused-ring (bicyclic) bond motifs is 1. The Labute approximate surface area is 159 Å². The molecule has 7 nitrogen and oxygen atoms in total. The summed E-state index contributed by atoms with van der Waals surface area (Å²) in [5.41, 5.74) is 1.26. The molecule has 0 aliphatic rings. The number of ether oxygens (including phenoxy) is 1. The maximum absolute atomic E-state index is 12.7. The molecule has 1 amide bonds. The Hall–Kier alpha value is -3.26. The van der Waals surface area contributed by atoms with Crippen LogP contribution in [0.3, 0.4) is 0 Å². The molecule has 0 fully saturated rings. The highest BCUT2D eigenvalue weighted by atomic mass is 32.1. The first-order valence-corrected chi connectivity index (χ1v) is 8.56. The summed E-state index contributed by atoms with van der Waals surface area (Å²) < 4.78 is 5.96. The van der Waals surface area contributed by atoms with Crippen LogP contribution < -0.4 is 10.9 Å². The van der Waals surface area contributed by atoms with Gasteiger partial charge in [0.15, 0.2) is 4.77 Å². The Morgan fingerprint density at radius 1 is 1.19 bits per heavy atom. The first-order valence-electron chi connectivity index (χ1n) is 8.15. The lowest BCUT2D eigenvalue weighted by Crippen LogP contribution is -2.33. The van der Waals surface area contributed by atoms with Crippen molar-refractivity contribution in [2.75, 3.05) is 7.11 Å². The molecule has 0 unspecified atom stereocenters. The molecule has 2 N–H and O–H groups in total. The van der Waals surface area contributed by atoms with Gasteiger partial charge in [-0.15, -0.1) is 0 Å². The van der Waals surface area contributed by atoms with Gasteiger partial charge in [-0.25, -0.2) is 4.79 Å². The smallest absolute Gasteiger partial charge is 0.337 e. The molecule has 0 saturated carbocycles. The van der Waals surface area contributed by atoms with E-state index in [0.29, 0.717) is 23.0 Å². The van der Waals surface area contributed by atoms with Crippen LogP contribution in [0.1, 0.15) is 15.9 Å². The van der Waals surface area contributed by atoms with Gasteiger partial charge in [0.25, 0.3) is 5.56 Å². The third-order valence-corrected chi connectivity index (χ3v) is 4.36. The number of rotatable bonds is 5. The summed E-state index contributed by atoms with van der Waals surface area (Å²) in [5.74, 6) is -0.841. The highest BCUT2D eigenvalue weighted by Crippen LogP contribution is 2.11. The minimum absolute atomic E-state index is 0.101. The molecule has 3 aromatic rings. The minimum Gasteiger partial charge on any atom is -0.465 e. The van der Waals surface area contributed by atoms with Crippen LogP contribution in [0.25, 0.3) is 10.9 Å². The van der Waals surface area contributed by atoms with Crippen molar-refractivity contribution in [3.8, 4) is 0 Å². The van der Waals surface area contributed by atoms with Gasteiger partial charge < -0.3 is 15.0 Å². The molecule has 0 aliphatic heterocycles. The van der Waals surface area contributed by atoms with Crippen molar-refractivity contribution in [1.82, 2.24) is 14.9 Å². The quantitative estimate of drug-likeness (QED) is 0.520. The third-order valence-electron chi connectivity index (χ3n) is 4.04. The molecule has 1 aromatic heterocycles. The van der Waals surface area contributed by atoms with Crippen LogP contribution in [0.5, 0.6) is 0 Å². The van der Waals surface area contributed by atoms with Crippen LogP contribution in [-0.2, 0) is 22.6 Å². The van der Waals surface area contributed by atoms with E-state index in [4.69, 9.17) is 12.2 Å². The van der Waals surface area contributed by atoms with Crippen molar-refractivity contribution in [2.24, 2.45) is 0 Å². The zero-order valence-corrected chi connectivity index (χ0v) is 15.3. The van der Waals surface area contributed by atoms with Crippen molar-refractivity contribution in [2.45, 2.75) is 13.1 Å². The Morgan fingerprint density at radius 3 is 2.63 bits per heavy atom. The molecule has 2 aromatic carbocycles. The average molecular weight is 383 g/mol. The number of methoxy groups -OCH3 is 1. The molecule has 138 valence electrons. The molecule has 0 atom stereocenters. The first kappa shape index (κ1) is 18.5. The van der Waals surface area contributed by atoms with E-state index in [1.165, 1.54) is 29.9 Å². The number of hydrogen-bond donors (Lipinski definition) is 2. The SMILES string of the molecule is COC(=O)c1ccc2c(=O)n(CC(=O)NCc3ccccc3)c(=S)[nH]c2c1. The summed E-state index contributed by atoms with van der Waals surface area (Å²) in [5, 5.41) is 3.09. The van der Waals surface area contributed by atoms with Crippen LogP contribution in [0, 0.1) is 4.77 Å².